The number of tetrazole rings is 1. The average molecular weight is 436 g/mol. The Hall–Kier alpha value is -3.55. The molecule has 32 heavy (non-hydrogen) atoms. The van der Waals surface area contributed by atoms with Gasteiger partial charge in [0.25, 0.3) is 0 Å². The Balaban J connectivity index is 1.82. The van der Waals surface area contributed by atoms with E-state index in [-0.39, 0.29) is 18.4 Å². The van der Waals surface area contributed by atoms with Crippen molar-refractivity contribution >= 4 is 11.9 Å². The summed E-state index contributed by atoms with van der Waals surface area (Å²) in [4.78, 5) is 26.3. The third kappa shape index (κ3) is 5.57. The van der Waals surface area contributed by atoms with E-state index in [1.807, 2.05) is 69.3 Å². The van der Waals surface area contributed by atoms with Gasteiger partial charge in [-0.15, -0.1) is 5.10 Å². The zero-order chi connectivity index (χ0) is 23.1. The number of aromatic amines is 1. The van der Waals surface area contributed by atoms with Crippen LogP contribution in [0.4, 0.5) is 0 Å². The van der Waals surface area contributed by atoms with Gasteiger partial charge in [0.2, 0.25) is 5.91 Å². The molecule has 0 unspecified atom stereocenters. The molecule has 168 valence electrons. The molecule has 2 N–H and O–H groups in total. The summed E-state index contributed by atoms with van der Waals surface area (Å²) < 4.78 is 0. The van der Waals surface area contributed by atoms with E-state index in [1.54, 1.807) is 0 Å². The number of nitrogens with one attached hydrogen (secondary N) is 1. The predicted octanol–water partition coefficient (Wildman–Crippen LogP) is 4.16. The predicted molar refractivity (Wildman–Crippen MR) is 121 cm³/mol. The Morgan fingerprint density at radius 3 is 2.38 bits per heavy atom. The van der Waals surface area contributed by atoms with E-state index in [9.17, 15) is 14.7 Å². The molecule has 0 saturated heterocycles. The second-order valence-electron chi connectivity index (χ2n) is 8.18. The van der Waals surface area contributed by atoms with E-state index in [0.29, 0.717) is 12.2 Å². The Morgan fingerprint density at radius 1 is 1.06 bits per heavy atom. The monoisotopic (exact) mass is 435 g/mol. The number of carbonyl (C=O) groups excluding carboxylic acids is 1. The smallest absolute Gasteiger partial charge is 0.326 e. The summed E-state index contributed by atoms with van der Waals surface area (Å²) in [6.07, 6.45) is 1.99. The molecule has 0 saturated carbocycles. The number of unbranched alkanes of at least 4 members (excludes halogenated alkanes) is 1. The third-order valence-electron chi connectivity index (χ3n) is 5.41. The van der Waals surface area contributed by atoms with Gasteiger partial charge in [-0.25, -0.2) is 9.89 Å². The number of H-pyrrole nitrogens is 1. The minimum atomic E-state index is -0.972. The van der Waals surface area contributed by atoms with Crippen LogP contribution in [-0.2, 0) is 16.1 Å². The number of hydrogen-bond donors (Lipinski definition) is 2. The summed E-state index contributed by atoms with van der Waals surface area (Å²) >= 11 is 0. The van der Waals surface area contributed by atoms with Crippen LogP contribution in [0.3, 0.4) is 0 Å². The minimum absolute atomic E-state index is 0.120. The molecule has 3 aromatic rings. The molecular weight excluding hydrogens is 406 g/mol. The maximum Gasteiger partial charge on any atom is 0.326 e. The number of aliphatic carboxylic acids is 1. The van der Waals surface area contributed by atoms with Crippen LogP contribution >= 0.6 is 0 Å². The molecule has 1 aromatic heterocycles. The topological polar surface area (TPSA) is 112 Å². The maximum absolute atomic E-state index is 12.8. The quantitative estimate of drug-likeness (QED) is 0.494. The molecule has 0 radical (unpaired) electrons. The van der Waals surface area contributed by atoms with Crippen molar-refractivity contribution in [2.24, 2.45) is 5.92 Å². The lowest BCUT2D eigenvalue weighted by Crippen LogP contribution is -2.47. The second-order valence-corrected chi connectivity index (χ2v) is 8.18. The number of carbonyl (C=O) groups is 2. The lowest BCUT2D eigenvalue weighted by atomic mass is 9.99. The van der Waals surface area contributed by atoms with Gasteiger partial charge >= 0.3 is 5.97 Å². The Morgan fingerprint density at radius 2 is 1.78 bits per heavy atom. The van der Waals surface area contributed by atoms with E-state index in [4.69, 9.17) is 0 Å². The molecule has 1 atom stereocenters. The fourth-order valence-electron chi connectivity index (χ4n) is 3.72. The second kappa shape index (κ2) is 10.7. The van der Waals surface area contributed by atoms with E-state index >= 15 is 0 Å². The van der Waals surface area contributed by atoms with E-state index < -0.39 is 12.0 Å². The first-order valence-electron chi connectivity index (χ1n) is 10.9. The molecule has 0 fully saturated rings. The average Bonchev–Trinajstić information content (AvgIpc) is 3.32. The van der Waals surface area contributed by atoms with Crippen LogP contribution in [0, 0.1) is 5.92 Å². The first kappa shape index (κ1) is 23.1. The molecule has 8 heteroatoms. The lowest BCUT2D eigenvalue weighted by molar-refractivity contribution is -0.153. The SMILES string of the molecule is CCCCC(=O)N(Cc1ccc(-c2cccc(-c3nnn[nH]3)c2)cc1)[C@H](C(=O)O)C(C)C. The summed E-state index contributed by atoms with van der Waals surface area (Å²) in [5.41, 5.74) is 3.78. The van der Waals surface area contributed by atoms with Crippen molar-refractivity contribution in [1.29, 1.82) is 0 Å². The van der Waals surface area contributed by atoms with Crippen molar-refractivity contribution < 1.29 is 14.7 Å². The van der Waals surface area contributed by atoms with Crippen molar-refractivity contribution in [3.63, 3.8) is 0 Å². The van der Waals surface area contributed by atoms with Crippen LogP contribution in [0.15, 0.2) is 48.5 Å². The number of carboxylic acid groups (broad SMARTS) is 1. The van der Waals surface area contributed by atoms with E-state index in [2.05, 4.69) is 20.6 Å². The highest BCUT2D eigenvalue weighted by Gasteiger charge is 2.32. The molecule has 0 aliphatic rings. The summed E-state index contributed by atoms with van der Waals surface area (Å²) in [5.74, 6) is -0.686. The van der Waals surface area contributed by atoms with Crippen LogP contribution in [0.25, 0.3) is 22.5 Å². The molecule has 2 aromatic carbocycles. The van der Waals surface area contributed by atoms with Gasteiger partial charge in [-0.3, -0.25) is 4.79 Å². The number of aromatic nitrogens is 4. The van der Waals surface area contributed by atoms with Gasteiger partial charge in [0.15, 0.2) is 5.82 Å². The Labute approximate surface area is 187 Å². The summed E-state index contributed by atoms with van der Waals surface area (Å²) in [6, 6.07) is 14.9. The first-order chi connectivity index (χ1) is 15.4. The van der Waals surface area contributed by atoms with Gasteiger partial charge in [0.05, 0.1) is 0 Å². The van der Waals surface area contributed by atoms with Gasteiger partial charge in [0.1, 0.15) is 6.04 Å². The maximum atomic E-state index is 12.8. The van der Waals surface area contributed by atoms with E-state index in [0.717, 1.165) is 35.1 Å². The zero-order valence-electron chi connectivity index (χ0n) is 18.7. The fraction of sp³-hybridized carbons (Fsp3) is 0.375. The Kier molecular flexibility index (Phi) is 7.70. The lowest BCUT2D eigenvalue weighted by Gasteiger charge is -2.32. The van der Waals surface area contributed by atoms with Crippen LogP contribution in [0.1, 0.15) is 45.6 Å². The third-order valence-corrected chi connectivity index (χ3v) is 5.41. The van der Waals surface area contributed by atoms with Gasteiger partial charge in [-0.2, -0.15) is 0 Å². The zero-order valence-corrected chi connectivity index (χ0v) is 18.7. The normalized spacial score (nSPS) is 12.0. The summed E-state index contributed by atoms with van der Waals surface area (Å²) in [5, 5.41) is 23.7. The van der Waals surface area contributed by atoms with Gasteiger partial charge < -0.3 is 10.0 Å². The molecule has 3 rings (SSSR count). The Bertz CT molecular complexity index is 1030. The summed E-state index contributed by atoms with van der Waals surface area (Å²) in [7, 11) is 0. The van der Waals surface area contributed by atoms with Crippen molar-refractivity contribution in [2.45, 2.75) is 52.6 Å². The fourth-order valence-corrected chi connectivity index (χ4v) is 3.72. The molecule has 1 heterocycles. The molecule has 8 nitrogen and oxygen atoms in total. The molecule has 0 aliphatic heterocycles. The largest absolute Gasteiger partial charge is 0.480 e. The number of carboxylic acids is 1. The number of benzene rings is 2. The van der Waals surface area contributed by atoms with Gasteiger partial charge in [0, 0.05) is 18.5 Å². The van der Waals surface area contributed by atoms with Gasteiger partial charge in [-0.05, 0) is 45.5 Å². The van der Waals surface area contributed by atoms with Crippen molar-refractivity contribution in [2.75, 3.05) is 0 Å². The number of hydrogen-bond acceptors (Lipinski definition) is 5. The van der Waals surface area contributed by atoms with Crippen molar-refractivity contribution in [3.05, 3.63) is 54.1 Å². The van der Waals surface area contributed by atoms with Crippen LogP contribution in [-0.4, -0.2) is 48.5 Å². The highest BCUT2D eigenvalue weighted by atomic mass is 16.4. The van der Waals surface area contributed by atoms with Gasteiger partial charge in [-0.1, -0.05) is 69.7 Å². The standard InChI is InChI=1S/C24H29N5O3/c1-4-5-9-21(30)29(22(16(2)3)24(31)32)15-17-10-12-18(13-11-17)19-7-6-8-20(14-19)23-25-27-28-26-23/h6-8,10-14,16,22H,4-5,9,15H2,1-3H3,(H,31,32)(H,25,26,27,28)/t22-/m0/s1. The minimum Gasteiger partial charge on any atom is -0.480 e. The molecule has 0 bridgehead atoms. The molecule has 0 spiro atoms. The first-order valence-corrected chi connectivity index (χ1v) is 10.9. The van der Waals surface area contributed by atoms with Crippen molar-refractivity contribution in [3.8, 4) is 22.5 Å². The van der Waals surface area contributed by atoms with Crippen LogP contribution < -0.4 is 0 Å². The van der Waals surface area contributed by atoms with Crippen LogP contribution in [0.2, 0.25) is 0 Å². The number of nitrogens with zero attached hydrogens (tertiary/aromatic N) is 4. The van der Waals surface area contributed by atoms with Crippen LogP contribution in [0.5, 0.6) is 0 Å². The molecule has 1 amide bonds. The number of amides is 1. The molecule has 0 aliphatic carbocycles. The highest BCUT2D eigenvalue weighted by Crippen LogP contribution is 2.25. The van der Waals surface area contributed by atoms with Crippen molar-refractivity contribution in [1.82, 2.24) is 25.5 Å². The highest BCUT2D eigenvalue weighted by molar-refractivity contribution is 5.84. The molecular formula is C24H29N5O3. The number of rotatable bonds is 10. The summed E-state index contributed by atoms with van der Waals surface area (Å²) in [6.45, 7) is 5.95. The van der Waals surface area contributed by atoms with E-state index in [1.165, 1.54) is 4.90 Å².